The fourth-order valence-corrected chi connectivity index (χ4v) is 4.92. The van der Waals surface area contributed by atoms with Gasteiger partial charge in [-0.2, -0.15) is 0 Å². The molecule has 1 aliphatic rings. The van der Waals surface area contributed by atoms with Crippen LogP contribution in [0.15, 0.2) is 53.4 Å². The predicted octanol–water partition coefficient (Wildman–Crippen LogP) is 5.62. The average Bonchev–Trinajstić information content (AvgIpc) is 3.38. The molecule has 32 heavy (non-hydrogen) atoms. The van der Waals surface area contributed by atoms with Crippen LogP contribution in [0.4, 0.5) is 5.69 Å². The Labute approximate surface area is 191 Å². The Morgan fingerprint density at radius 2 is 1.72 bits per heavy atom. The Balaban J connectivity index is 1.95. The molecule has 1 fully saturated rings. The molecule has 0 saturated carbocycles. The third-order valence-electron chi connectivity index (χ3n) is 6.02. The second-order valence-electron chi connectivity index (χ2n) is 8.09. The van der Waals surface area contributed by atoms with E-state index in [9.17, 15) is 14.7 Å². The van der Waals surface area contributed by atoms with E-state index < -0.39 is 17.7 Å². The second kappa shape index (κ2) is 8.28. The molecule has 0 aliphatic carbocycles. The maximum absolute atomic E-state index is 13.3. The van der Waals surface area contributed by atoms with E-state index in [4.69, 9.17) is 4.74 Å². The SMILES string of the molecule is COc1cc(C)c(/C(O)=C2/C(=O)C(=O)N(c3ccc(C)c(C)c3)C2c2cccs2)cc1C. The number of aliphatic hydroxyl groups is 1. The number of Topliss-reactive ketones (excluding diaryl/α,β-unsaturated/α-hetero) is 1. The Hall–Kier alpha value is -3.38. The van der Waals surface area contributed by atoms with Gasteiger partial charge >= 0.3 is 0 Å². The van der Waals surface area contributed by atoms with Crippen LogP contribution < -0.4 is 9.64 Å². The normalized spacial score (nSPS) is 17.8. The number of rotatable bonds is 4. The van der Waals surface area contributed by atoms with Crippen molar-refractivity contribution in [2.24, 2.45) is 0 Å². The number of ketones is 1. The zero-order valence-corrected chi connectivity index (χ0v) is 19.5. The molecule has 0 spiro atoms. The summed E-state index contributed by atoms with van der Waals surface area (Å²) in [6, 6.07) is 12.4. The fraction of sp³-hybridized carbons (Fsp3) is 0.231. The lowest BCUT2D eigenvalue weighted by Crippen LogP contribution is -2.29. The minimum atomic E-state index is -0.695. The number of hydrogen-bond acceptors (Lipinski definition) is 5. The molecule has 1 aromatic heterocycles. The maximum Gasteiger partial charge on any atom is 0.300 e. The number of anilines is 1. The number of benzene rings is 2. The minimum Gasteiger partial charge on any atom is -0.507 e. The van der Waals surface area contributed by atoms with Gasteiger partial charge in [0.25, 0.3) is 11.7 Å². The zero-order valence-electron chi connectivity index (χ0n) is 18.7. The molecular formula is C26H25NO4S. The summed E-state index contributed by atoms with van der Waals surface area (Å²) in [4.78, 5) is 28.8. The summed E-state index contributed by atoms with van der Waals surface area (Å²) in [5.74, 6) is -0.802. The van der Waals surface area contributed by atoms with Crippen LogP contribution in [0, 0.1) is 27.7 Å². The lowest BCUT2D eigenvalue weighted by molar-refractivity contribution is -0.132. The van der Waals surface area contributed by atoms with Crippen molar-refractivity contribution in [1.29, 1.82) is 0 Å². The van der Waals surface area contributed by atoms with Crippen LogP contribution in [0.5, 0.6) is 5.75 Å². The minimum absolute atomic E-state index is 0.100. The molecule has 5 nitrogen and oxygen atoms in total. The van der Waals surface area contributed by atoms with E-state index in [2.05, 4.69) is 0 Å². The first-order valence-electron chi connectivity index (χ1n) is 10.3. The maximum atomic E-state index is 13.3. The first-order chi connectivity index (χ1) is 15.2. The number of carbonyl (C=O) groups is 2. The van der Waals surface area contributed by atoms with E-state index in [0.717, 1.165) is 27.1 Å². The first kappa shape index (κ1) is 21.8. The third kappa shape index (κ3) is 3.50. The number of thiophene rings is 1. The average molecular weight is 448 g/mol. The summed E-state index contributed by atoms with van der Waals surface area (Å²) >= 11 is 1.45. The summed E-state index contributed by atoms with van der Waals surface area (Å²) in [5, 5.41) is 13.3. The van der Waals surface area contributed by atoms with Crippen LogP contribution in [0.3, 0.4) is 0 Å². The molecule has 2 heterocycles. The number of carbonyl (C=O) groups excluding carboxylic acids is 2. The molecule has 3 aromatic rings. The molecule has 0 bridgehead atoms. The van der Waals surface area contributed by atoms with Crippen molar-refractivity contribution in [3.63, 3.8) is 0 Å². The van der Waals surface area contributed by atoms with Crippen LogP contribution in [0.2, 0.25) is 0 Å². The molecular weight excluding hydrogens is 422 g/mol. The Kier molecular flexibility index (Phi) is 5.65. The number of nitrogens with zero attached hydrogens (tertiary/aromatic N) is 1. The number of hydrogen-bond donors (Lipinski definition) is 1. The number of aryl methyl sites for hydroxylation is 4. The third-order valence-corrected chi connectivity index (χ3v) is 6.95. The smallest absolute Gasteiger partial charge is 0.300 e. The van der Waals surface area contributed by atoms with Gasteiger partial charge in [-0.15, -0.1) is 11.3 Å². The van der Waals surface area contributed by atoms with Crippen molar-refractivity contribution in [3.05, 3.63) is 86.1 Å². The Morgan fingerprint density at radius 1 is 0.969 bits per heavy atom. The fourth-order valence-electron chi connectivity index (χ4n) is 4.10. The molecule has 164 valence electrons. The number of amides is 1. The van der Waals surface area contributed by atoms with E-state index in [0.29, 0.717) is 17.0 Å². The van der Waals surface area contributed by atoms with Gasteiger partial charge in [0, 0.05) is 16.1 Å². The standard InChI is InChI=1S/C26H25NO4S/c1-14-8-9-18(11-15(14)2)27-23(21-7-6-10-32-21)22(25(29)26(27)30)24(28)19-12-17(4)20(31-5)13-16(19)3/h6-13,23,28H,1-5H3/b24-22-. The van der Waals surface area contributed by atoms with Gasteiger partial charge in [0.2, 0.25) is 0 Å². The van der Waals surface area contributed by atoms with Crippen molar-refractivity contribution < 1.29 is 19.4 Å². The van der Waals surface area contributed by atoms with Gasteiger partial charge in [-0.1, -0.05) is 12.1 Å². The predicted molar refractivity (Wildman–Crippen MR) is 127 cm³/mol. The van der Waals surface area contributed by atoms with Crippen LogP contribution in [-0.2, 0) is 9.59 Å². The number of methoxy groups -OCH3 is 1. The molecule has 0 radical (unpaired) electrons. The van der Waals surface area contributed by atoms with Gasteiger partial charge in [0.05, 0.1) is 12.7 Å². The van der Waals surface area contributed by atoms with Crippen molar-refractivity contribution in [3.8, 4) is 5.75 Å². The molecule has 1 atom stereocenters. The zero-order chi connectivity index (χ0) is 23.2. The van der Waals surface area contributed by atoms with Crippen LogP contribution in [0.1, 0.15) is 38.7 Å². The second-order valence-corrected chi connectivity index (χ2v) is 9.07. The van der Waals surface area contributed by atoms with Crippen molar-refractivity contribution in [2.45, 2.75) is 33.7 Å². The quantitative estimate of drug-likeness (QED) is 0.320. The lowest BCUT2D eigenvalue weighted by Gasteiger charge is -2.25. The molecule has 1 aliphatic heterocycles. The molecule has 1 saturated heterocycles. The van der Waals surface area contributed by atoms with Gasteiger partial charge < -0.3 is 9.84 Å². The monoisotopic (exact) mass is 447 g/mol. The van der Waals surface area contributed by atoms with Gasteiger partial charge in [-0.25, -0.2) is 0 Å². The highest BCUT2D eigenvalue weighted by Crippen LogP contribution is 2.44. The number of ether oxygens (including phenoxy) is 1. The van der Waals surface area contributed by atoms with Crippen LogP contribution in [0.25, 0.3) is 5.76 Å². The van der Waals surface area contributed by atoms with E-state index in [-0.39, 0.29) is 11.3 Å². The van der Waals surface area contributed by atoms with Gasteiger partial charge in [0.1, 0.15) is 17.6 Å². The number of aliphatic hydroxyl groups excluding tert-OH is 1. The molecule has 4 rings (SSSR count). The van der Waals surface area contributed by atoms with E-state index in [1.165, 1.54) is 16.2 Å². The Bertz CT molecular complexity index is 1260. The largest absolute Gasteiger partial charge is 0.507 e. The molecule has 1 N–H and O–H groups in total. The van der Waals surface area contributed by atoms with Gasteiger partial charge in [-0.05, 0) is 85.7 Å². The highest BCUT2D eigenvalue weighted by atomic mass is 32.1. The molecule has 1 unspecified atom stereocenters. The summed E-state index contributed by atoms with van der Waals surface area (Å²) in [6.07, 6.45) is 0. The summed E-state index contributed by atoms with van der Waals surface area (Å²) in [5.41, 5.74) is 4.96. The highest BCUT2D eigenvalue weighted by molar-refractivity contribution is 7.10. The summed E-state index contributed by atoms with van der Waals surface area (Å²) in [6.45, 7) is 7.69. The molecule has 2 aromatic carbocycles. The summed E-state index contributed by atoms with van der Waals surface area (Å²) < 4.78 is 5.37. The molecule has 6 heteroatoms. The van der Waals surface area contributed by atoms with E-state index >= 15 is 0 Å². The highest BCUT2D eigenvalue weighted by Gasteiger charge is 2.47. The molecule has 1 amide bonds. The van der Waals surface area contributed by atoms with E-state index in [1.54, 1.807) is 13.2 Å². The van der Waals surface area contributed by atoms with Crippen molar-refractivity contribution >= 4 is 34.5 Å². The van der Waals surface area contributed by atoms with Crippen LogP contribution in [-0.4, -0.2) is 23.9 Å². The van der Waals surface area contributed by atoms with Gasteiger partial charge in [-0.3, -0.25) is 14.5 Å². The van der Waals surface area contributed by atoms with E-state index in [1.807, 2.05) is 69.5 Å². The van der Waals surface area contributed by atoms with Crippen LogP contribution >= 0.6 is 11.3 Å². The Morgan fingerprint density at radius 3 is 2.34 bits per heavy atom. The van der Waals surface area contributed by atoms with Crippen molar-refractivity contribution in [2.75, 3.05) is 12.0 Å². The lowest BCUT2D eigenvalue weighted by atomic mass is 9.95. The summed E-state index contributed by atoms with van der Waals surface area (Å²) in [7, 11) is 1.59. The first-order valence-corrected chi connectivity index (χ1v) is 11.2. The van der Waals surface area contributed by atoms with Gasteiger partial charge in [0.15, 0.2) is 0 Å². The topological polar surface area (TPSA) is 66.8 Å². The van der Waals surface area contributed by atoms with Crippen molar-refractivity contribution in [1.82, 2.24) is 0 Å².